The standard InChI is InChI=1S/C16H16F2IN3O4/c1-8(24)14-13(18)12(16(25)21-26-6-5-23)15(22(14)2)20-11-4-3-9(19)7-10(11)17/h3-4,7,20,23H,5-6H2,1-2H3,(H,21,25). The van der Waals surface area contributed by atoms with Crippen LogP contribution in [0.15, 0.2) is 18.2 Å². The van der Waals surface area contributed by atoms with Gasteiger partial charge < -0.3 is 15.0 Å². The molecule has 7 nitrogen and oxygen atoms in total. The van der Waals surface area contributed by atoms with E-state index < -0.39 is 28.9 Å². The van der Waals surface area contributed by atoms with E-state index in [1.54, 1.807) is 6.07 Å². The molecule has 26 heavy (non-hydrogen) atoms. The van der Waals surface area contributed by atoms with E-state index in [2.05, 4.69) is 5.32 Å². The van der Waals surface area contributed by atoms with Gasteiger partial charge in [-0.05, 0) is 40.8 Å². The number of nitrogens with zero attached hydrogens (tertiary/aromatic N) is 1. The number of hydrogen-bond donors (Lipinski definition) is 3. The lowest BCUT2D eigenvalue weighted by Gasteiger charge is -2.12. The zero-order chi connectivity index (χ0) is 19.4. The third-order valence-electron chi connectivity index (χ3n) is 3.44. The zero-order valence-electron chi connectivity index (χ0n) is 13.9. The van der Waals surface area contributed by atoms with E-state index in [0.717, 1.165) is 11.5 Å². The minimum atomic E-state index is -1.06. The molecule has 1 heterocycles. The molecule has 0 aliphatic carbocycles. The van der Waals surface area contributed by atoms with E-state index in [1.807, 2.05) is 28.1 Å². The molecule has 0 saturated heterocycles. The summed E-state index contributed by atoms with van der Waals surface area (Å²) in [7, 11) is 1.37. The first-order valence-corrected chi connectivity index (χ1v) is 8.50. The largest absolute Gasteiger partial charge is 0.394 e. The van der Waals surface area contributed by atoms with Crippen LogP contribution in [0.1, 0.15) is 27.8 Å². The summed E-state index contributed by atoms with van der Waals surface area (Å²) in [4.78, 5) is 28.7. The van der Waals surface area contributed by atoms with E-state index >= 15 is 0 Å². The monoisotopic (exact) mass is 479 g/mol. The van der Waals surface area contributed by atoms with Gasteiger partial charge in [-0.25, -0.2) is 14.3 Å². The van der Waals surface area contributed by atoms with Gasteiger partial charge in [0, 0.05) is 17.5 Å². The first kappa shape index (κ1) is 20.3. The Morgan fingerprint density at radius 1 is 1.35 bits per heavy atom. The van der Waals surface area contributed by atoms with E-state index in [4.69, 9.17) is 9.94 Å². The molecular formula is C16H16F2IN3O4. The second-order valence-electron chi connectivity index (χ2n) is 5.25. The van der Waals surface area contributed by atoms with Crippen molar-refractivity contribution in [1.29, 1.82) is 0 Å². The number of halogens is 3. The van der Waals surface area contributed by atoms with Crippen molar-refractivity contribution in [2.24, 2.45) is 7.05 Å². The molecule has 140 valence electrons. The molecule has 1 aromatic carbocycles. The van der Waals surface area contributed by atoms with Crippen LogP contribution in [-0.4, -0.2) is 34.6 Å². The second kappa shape index (κ2) is 8.56. The first-order chi connectivity index (χ1) is 12.3. The van der Waals surface area contributed by atoms with Crippen molar-refractivity contribution in [3.05, 3.63) is 44.7 Å². The summed E-state index contributed by atoms with van der Waals surface area (Å²) in [5.74, 6) is -3.36. The van der Waals surface area contributed by atoms with Gasteiger partial charge in [-0.1, -0.05) is 0 Å². The van der Waals surface area contributed by atoms with Gasteiger partial charge in [-0.2, -0.15) is 0 Å². The smallest absolute Gasteiger partial charge is 0.281 e. The summed E-state index contributed by atoms with van der Waals surface area (Å²) in [5, 5.41) is 11.3. The van der Waals surface area contributed by atoms with Crippen LogP contribution in [0.4, 0.5) is 20.3 Å². The van der Waals surface area contributed by atoms with Crippen molar-refractivity contribution >= 4 is 45.8 Å². The number of aliphatic hydroxyl groups excluding tert-OH is 1. The summed E-state index contributed by atoms with van der Waals surface area (Å²) in [6.45, 7) is 0.598. The first-order valence-electron chi connectivity index (χ1n) is 7.42. The van der Waals surface area contributed by atoms with Crippen LogP contribution in [0.2, 0.25) is 0 Å². The van der Waals surface area contributed by atoms with Gasteiger partial charge >= 0.3 is 0 Å². The fourth-order valence-corrected chi connectivity index (χ4v) is 2.78. The van der Waals surface area contributed by atoms with Crippen LogP contribution in [0.5, 0.6) is 0 Å². The minimum Gasteiger partial charge on any atom is -0.394 e. The Morgan fingerprint density at radius 2 is 2.04 bits per heavy atom. The van der Waals surface area contributed by atoms with Crippen LogP contribution < -0.4 is 10.8 Å². The molecule has 1 aromatic heterocycles. The number of rotatable bonds is 7. The van der Waals surface area contributed by atoms with Gasteiger partial charge in [0.1, 0.15) is 22.9 Å². The molecule has 0 bridgehead atoms. The summed E-state index contributed by atoms with van der Waals surface area (Å²) >= 11 is 1.94. The van der Waals surface area contributed by atoms with Crippen LogP contribution in [0.25, 0.3) is 0 Å². The number of amides is 1. The number of carbonyl (C=O) groups is 2. The quantitative estimate of drug-likeness (QED) is 0.246. The third-order valence-corrected chi connectivity index (χ3v) is 4.11. The van der Waals surface area contributed by atoms with Gasteiger partial charge in [-0.15, -0.1) is 0 Å². The molecule has 1 amide bonds. The molecule has 2 rings (SSSR count). The number of benzene rings is 1. The van der Waals surface area contributed by atoms with E-state index in [-0.39, 0.29) is 30.4 Å². The van der Waals surface area contributed by atoms with E-state index in [9.17, 15) is 18.4 Å². The Kier molecular flexibility index (Phi) is 6.67. The van der Waals surface area contributed by atoms with Gasteiger partial charge in [-0.3, -0.25) is 14.4 Å². The van der Waals surface area contributed by atoms with E-state index in [1.165, 1.54) is 19.2 Å². The molecule has 0 atom stereocenters. The van der Waals surface area contributed by atoms with Crippen LogP contribution in [0, 0.1) is 15.2 Å². The summed E-state index contributed by atoms with van der Waals surface area (Å²) in [5.41, 5.74) is 1.13. The normalized spacial score (nSPS) is 10.7. The molecule has 0 aliphatic heterocycles. The van der Waals surface area contributed by atoms with E-state index in [0.29, 0.717) is 3.57 Å². The Bertz CT molecular complexity index is 855. The number of carbonyl (C=O) groups excluding carboxylic acids is 2. The number of aromatic nitrogens is 1. The Morgan fingerprint density at radius 3 is 2.62 bits per heavy atom. The fraction of sp³-hybridized carbons (Fsp3) is 0.250. The van der Waals surface area contributed by atoms with Crippen molar-refractivity contribution in [2.45, 2.75) is 6.92 Å². The third kappa shape index (κ3) is 4.19. The molecule has 10 heteroatoms. The average Bonchev–Trinajstić information content (AvgIpc) is 2.80. The molecule has 0 saturated carbocycles. The van der Waals surface area contributed by atoms with Crippen molar-refractivity contribution < 1.29 is 28.3 Å². The number of ketones is 1. The topological polar surface area (TPSA) is 92.6 Å². The highest BCUT2D eigenvalue weighted by Gasteiger charge is 2.29. The van der Waals surface area contributed by atoms with Crippen molar-refractivity contribution in [2.75, 3.05) is 18.5 Å². The summed E-state index contributed by atoms with van der Waals surface area (Å²) < 4.78 is 30.6. The lowest BCUT2D eigenvalue weighted by atomic mass is 10.2. The molecule has 2 aromatic rings. The average molecular weight is 479 g/mol. The van der Waals surface area contributed by atoms with Crippen LogP contribution >= 0.6 is 22.6 Å². The van der Waals surface area contributed by atoms with Crippen molar-refractivity contribution in [3.63, 3.8) is 0 Å². The van der Waals surface area contributed by atoms with Crippen LogP contribution in [0.3, 0.4) is 0 Å². The highest BCUT2D eigenvalue weighted by Crippen LogP contribution is 2.30. The van der Waals surface area contributed by atoms with Gasteiger partial charge in [0.15, 0.2) is 11.6 Å². The number of hydrogen-bond acceptors (Lipinski definition) is 5. The lowest BCUT2D eigenvalue weighted by molar-refractivity contribution is 0.0166. The number of anilines is 2. The summed E-state index contributed by atoms with van der Waals surface area (Å²) in [6.07, 6.45) is 0. The predicted molar refractivity (Wildman–Crippen MR) is 98.3 cm³/mol. The summed E-state index contributed by atoms with van der Waals surface area (Å²) in [6, 6.07) is 4.32. The number of hydroxylamine groups is 1. The maximum Gasteiger partial charge on any atom is 0.281 e. The maximum absolute atomic E-state index is 14.7. The second-order valence-corrected chi connectivity index (χ2v) is 6.50. The molecular weight excluding hydrogens is 463 g/mol. The SMILES string of the molecule is CC(=O)c1c(F)c(C(=O)NOCCO)c(Nc2ccc(I)cc2F)n1C. The molecule has 3 N–H and O–H groups in total. The van der Waals surface area contributed by atoms with Gasteiger partial charge in [0.25, 0.3) is 5.91 Å². The Hall–Kier alpha value is -2.05. The highest BCUT2D eigenvalue weighted by molar-refractivity contribution is 14.1. The Labute approximate surface area is 161 Å². The number of nitrogens with one attached hydrogen (secondary N) is 2. The molecule has 0 spiro atoms. The number of aliphatic hydroxyl groups is 1. The number of Topliss-reactive ketones (excluding diaryl/α,β-unsaturated/α-hetero) is 1. The van der Waals surface area contributed by atoms with Crippen LogP contribution in [-0.2, 0) is 11.9 Å². The fourth-order valence-electron chi connectivity index (χ4n) is 2.33. The molecule has 0 unspecified atom stereocenters. The van der Waals surface area contributed by atoms with Crippen molar-refractivity contribution in [1.82, 2.24) is 10.0 Å². The molecule has 0 radical (unpaired) electrons. The van der Waals surface area contributed by atoms with Gasteiger partial charge in [0.05, 0.1) is 18.9 Å². The Balaban J connectivity index is 2.50. The zero-order valence-corrected chi connectivity index (χ0v) is 16.1. The minimum absolute atomic E-state index is 0.00597. The predicted octanol–water partition coefficient (Wildman–Crippen LogP) is 2.51. The van der Waals surface area contributed by atoms with Gasteiger partial charge in [0.2, 0.25) is 0 Å². The van der Waals surface area contributed by atoms with Crippen molar-refractivity contribution in [3.8, 4) is 0 Å². The lowest BCUT2D eigenvalue weighted by Crippen LogP contribution is -2.26. The molecule has 0 aliphatic rings. The maximum atomic E-state index is 14.7. The highest BCUT2D eigenvalue weighted by atomic mass is 127. The molecule has 0 fully saturated rings.